The van der Waals surface area contributed by atoms with Crippen LogP contribution in [0.3, 0.4) is 0 Å². The summed E-state index contributed by atoms with van der Waals surface area (Å²) in [5.74, 6) is -0.910. The summed E-state index contributed by atoms with van der Waals surface area (Å²) in [5, 5.41) is 10.6. The second-order valence-corrected chi connectivity index (χ2v) is 5.12. The summed E-state index contributed by atoms with van der Waals surface area (Å²) in [7, 11) is 0. The highest BCUT2D eigenvalue weighted by atomic mass is 16.5. The van der Waals surface area contributed by atoms with Crippen LogP contribution in [0.5, 0.6) is 0 Å². The van der Waals surface area contributed by atoms with E-state index in [0.29, 0.717) is 18.8 Å². The lowest BCUT2D eigenvalue weighted by atomic mass is 10.2. The van der Waals surface area contributed by atoms with E-state index >= 15 is 0 Å². The predicted octanol–water partition coefficient (Wildman–Crippen LogP) is 1.41. The highest BCUT2D eigenvalue weighted by molar-refractivity contribution is 5.88. The van der Waals surface area contributed by atoms with Gasteiger partial charge in [0.05, 0.1) is 12.7 Å². The van der Waals surface area contributed by atoms with E-state index in [2.05, 4.69) is 15.6 Å². The lowest BCUT2D eigenvalue weighted by Crippen LogP contribution is -2.28. The number of benzene rings is 1. The van der Waals surface area contributed by atoms with Gasteiger partial charge >= 0.3 is 5.97 Å². The summed E-state index contributed by atoms with van der Waals surface area (Å²) >= 11 is 0. The van der Waals surface area contributed by atoms with Gasteiger partial charge in [0, 0.05) is 12.6 Å². The molecule has 2 rings (SSSR count). The highest BCUT2D eigenvalue weighted by Gasteiger charge is 2.04. The molecule has 0 unspecified atom stereocenters. The van der Waals surface area contributed by atoms with Crippen LogP contribution in [0.25, 0.3) is 6.08 Å². The third kappa shape index (κ3) is 6.04. The molecular weight excluding hydrogens is 308 g/mol. The van der Waals surface area contributed by atoms with Gasteiger partial charge < -0.3 is 10.1 Å². The van der Waals surface area contributed by atoms with Crippen LogP contribution in [0, 0.1) is 0 Å². The number of hydrogen-bond donors (Lipinski definition) is 1. The van der Waals surface area contributed by atoms with Crippen molar-refractivity contribution in [3.63, 3.8) is 0 Å². The molecule has 0 saturated heterocycles. The van der Waals surface area contributed by atoms with Crippen LogP contribution in [0.1, 0.15) is 24.6 Å². The standard InChI is InChI=1S/C17H20N4O3/c1-2-10-18-16(22)13-24-17(23)9-8-15-12-21(20-19-15)11-14-6-4-3-5-7-14/h3-9,12H,2,10-11,13H2,1H3,(H,18,22)/b9-8+. The van der Waals surface area contributed by atoms with Crippen molar-refractivity contribution >= 4 is 18.0 Å². The molecule has 0 aliphatic heterocycles. The normalized spacial score (nSPS) is 10.7. The van der Waals surface area contributed by atoms with Gasteiger partial charge in [0.25, 0.3) is 5.91 Å². The van der Waals surface area contributed by atoms with Gasteiger partial charge in [0.15, 0.2) is 6.61 Å². The summed E-state index contributed by atoms with van der Waals surface area (Å²) in [5.41, 5.74) is 1.65. The highest BCUT2D eigenvalue weighted by Crippen LogP contribution is 2.03. The molecule has 0 saturated carbocycles. The van der Waals surface area contributed by atoms with Crippen molar-refractivity contribution in [2.45, 2.75) is 19.9 Å². The van der Waals surface area contributed by atoms with Crippen LogP contribution in [0.2, 0.25) is 0 Å². The molecule has 0 atom stereocenters. The fourth-order valence-corrected chi connectivity index (χ4v) is 1.89. The number of carbonyl (C=O) groups excluding carboxylic acids is 2. The maximum absolute atomic E-state index is 11.5. The Labute approximate surface area is 140 Å². The minimum atomic E-state index is -0.598. The number of aromatic nitrogens is 3. The van der Waals surface area contributed by atoms with Gasteiger partial charge in [0.2, 0.25) is 0 Å². The zero-order valence-electron chi connectivity index (χ0n) is 13.5. The van der Waals surface area contributed by atoms with Crippen LogP contribution >= 0.6 is 0 Å². The average molecular weight is 328 g/mol. The van der Waals surface area contributed by atoms with E-state index in [4.69, 9.17) is 4.74 Å². The first kappa shape index (κ1) is 17.4. The fraction of sp³-hybridized carbons (Fsp3) is 0.294. The van der Waals surface area contributed by atoms with Crippen molar-refractivity contribution in [1.29, 1.82) is 0 Å². The van der Waals surface area contributed by atoms with Gasteiger partial charge in [-0.15, -0.1) is 5.10 Å². The van der Waals surface area contributed by atoms with E-state index in [9.17, 15) is 9.59 Å². The summed E-state index contributed by atoms with van der Waals surface area (Å²) in [6.07, 6.45) is 5.29. The maximum Gasteiger partial charge on any atom is 0.331 e. The molecule has 7 nitrogen and oxygen atoms in total. The van der Waals surface area contributed by atoms with Crippen LogP contribution in [0.15, 0.2) is 42.6 Å². The van der Waals surface area contributed by atoms with Crippen LogP contribution in [-0.2, 0) is 20.9 Å². The van der Waals surface area contributed by atoms with Crippen molar-refractivity contribution in [3.05, 3.63) is 53.9 Å². The van der Waals surface area contributed by atoms with Crippen LogP contribution < -0.4 is 5.32 Å². The maximum atomic E-state index is 11.5. The third-order valence-electron chi connectivity index (χ3n) is 3.05. The van der Waals surface area contributed by atoms with Crippen LogP contribution in [-0.4, -0.2) is 40.0 Å². The Morgan fingerprint density at radius 2 is 2.08 bits per heavy atom. The smallest absolute Gasteiger partial charge is 0.331 e. The first-order chi connectivity index (χ1) is 11.7. The Hall–Kier alpha value is -2.96. The van der Waals surface area contributed by atoms with Crippen molar-refractivity contribution in [1.82, 2.24) is 20.3 Å². The summed E-state index contributed by atoms with van der Waals surface area (Å²) in [6, 6.07) is 9.86. The van der Waals surface area contributed by atoms with Gasteiger partial charge in [-0.2, -0.15) is 0 Å². The molecule has 1 heterocycles. The van der Waals surface area contributed by atoms with Gasteiger partial charge in [-0.3, -0.25) is 4.79 Å². The molecule has 2 aromatic rings. The zero-order chi connectivity index (χ0) is 17.2. The molecule has 7 heteroatoms. The van der Waals surface area contributed by atoms with Crippen molar-refractivity contribution in [2.75, 3.05) is 13.2 Å². The lowest BCUT2D eigenvalue weighted by Gasteiger charge is -2.02. The molecule has 0 bridgehead atoms. The van der Waals surface area contributed by atoms with E-state index in [0.717, 1.165) is 12.0 Å². The molecule has 0 aliphatic rings. The Morgan fingerprint density at radius 1 is 1.29 bits per heavy atom. The number of nitrogens with one attached hydrogen (secondary N) is 1. The first-order valence-electron chi connectivity index (χ1n) is 7.73. The molecule has 0 fully saturated rings. The Bertz CT molecular complexity index is 695. The van der Waals surface area contributed by atoms with E-state index in [1.165, 1.54) is 12.2 Å². The topological polar surface area (TPSA) is 86.1 Å². The monoisotopic (exact) mass is 328 g/mol. The average Bonchev–Trinajstić information content (AvgIpc) is 3.04. The van der Waals surface area contributed by atoms with Gasteiger partial charge in [-0.1, -0.05) is 42.5 Å². The molecule has 0 spiro atoms. The number of hydrogen-bond acceptors (Lipinski definition) is 5. The Morgan fingerprint density at radius 3 is 2.83 bits per heavy atom. The molecule has 0 radical (unpaired) electrons. The number of esters is 1. The van der Waals surface area contributed by atoms with E-state index in [-0.39, 0.29) is 12.5 Å². The number of nitrogens with zero attached hydrogens (tertiary/aromatic N) is 3. The van der Waals surface area contributed by atoms with Gasteiger partial charge in [-0.25, -0.2) is 9.48 Å². The zero-order valence-corrected chi connectivity index (χ0v) is 13.5. The lowest BCUT2D eigenvalue weighted by molar-refractivity contribution is -0.143. The molecule has 0 aliphatic carbocycles. The molecule has 1 aromatic heterocycles. The molecule has 126 valence electrons. The first-order valence-corrected chi connectivity index (χ1v) is 7.73. The van der Waals surface area contributed by atoms with Crippen molar-refractivity contribution in [3.8, 4) is 0 Å². The van der Waals surface area contributed by atoms with Gasteiger partial charge in [-0.05, 0) is 18.1 Å². The predicted molar refractivity (Wildman–Crippen MR) is 88.9 cm³/mol. The summed E-state index contributed by atoms with van der Waals surface area (Å²) < 4.78 is 6.51. The Balaban J connectivity index is 1.79. The molecule has 24 heavy (non-hydrogen) atoms. The minimum Gasteiger partial charge on any atom is -0.452 e. The van der Waals surface area contributed by atoms with Gasteiger partial charge in [0.1, 0.15) is 5.69 Å². The SMILES string of the molecule is CCCNC(=O)COC(=O)/C=C/c1cn(Cc2ccccc2)nn1. The quantitative estimate of drug-likeness (QED) is 0.585. The molecule has 1 aromatic carbocycles. The number of amides is 1. The van der Waals surface area contributed by atoms with E-state index in [1.807, 2.05) is 37.3 Å². The molecular formula is C17H20N4O3. The fourth-order valence-electron chi connectivity index (χ4n) is 1.89. The number of ether oxygens (including phenoxy) is 1. The molecule has 1 N–H and O–H groups in total. The summed E-state index contributed by atoms with van der Waals surface area (Å²) in [4.78, 5) is 22.9. The van der Waals surface area contributed by atoms with Crippen molar-refractivity contribution < 1.29 is 14.3 Å². The second-order valence-electron chi connectivity index (χ2n) is 5.12. The van der Waals surface area contributed by atoms with E-state index < -0.39 is 5.97 Å². The van der Waals surface area contributed by atoms with E-state index in [1.54, 1.807) is 10.9 Å². The van der Waals surface area contributed by atoms with Crippen molar-refractivity contribution in [2.24, 2.45) is 0 Å². The Kier molecular flexibility index (Phi) is 6.70. The van der Waals surface area contributed by atoms with Crippen LogP contribution in [0.4, 0.5) is 0 Å². The largest absolute Gasteiger partial charge is 0.452 e. The summed E-state index contributed by atoms with van der Waals surface area (Å²) in [6.45, 7) is 2.82. The number of rotatable bonds is 8. The second kappa shape index (κ2) is 9.24. The third-order valence-corrected chi connectivity index (χ3v) is 3.05. The number of carbonyl (C=O) groups is 2. The molecule has 1 amide bonds. The minimum absolute atomic E-state index is 0.288.